The van der Waals surface area contributed by atoms with Gasteiger partial charge in [0.2, 0.25) is 0 Å². The number of nitrogens with zero attached hydrogens (tertiary/aromatic N) is 2. The lowest BCUT2D eigenvalue weighted by Gasteiger charge is -2.30. The average Bonchev–Trinajstić information content (AvgIpc) is 2.80. The van der Waals surface area contributed by atoms with E-state index in [-0.39, 0.29) is 0 Å². The minimum absolute atomic E-state index is 0.302. The van der Waals surface area contributed by atoms with Gasteiger partial charge in [0, 0.05) is 19.2 Å². The van der Waals surface area contributed by atoms with Gasteiger partial charge in [0.25, 0.3) is 0 Å². The molecule has 20 heavy (non-hydrogen) atoms. The van der Waals surface area contributed by atoms with E-state index in [2.05, 4.69) is 25.7 Å². The minimum atomic E-state index is -0.916. The van der Waals surface area contributed by atoms with Crippen LogP contribution < -0.4 is 4.90 Å². The molecule has 0 spiro atoms. The van der Waals surface area contributed by atoms with Crippen LogP contribution >= 0.6 is 11.3 Å². The van der Waals surface area contributed by atoms with Crippen LogP contribution in [0.1, 0.15) is 50.1 Å². The number of carboxylic acid groups (broad SMARTS) is 1. The van der Waals surface area contributed by atoms with Crippen LogP contribution in [0, 0.1) is 5.92 Å². The average molecular weight is 294 g/mol. The summed E-state index contributed by atoms with van der Waals surface area (Å²) in [6.45, 7) is 8.56. The zero-order valence-corrected chi connectivity index (χ0v) is 13.1. The van der Waals surface area contributed by atoms with Gasteiger partial charge in [-0.15, -0.1) is 0 Å². The summed E-state index contributed by atoms with van der Waals surface area (Å²) in [5, 5.41) is 9.81. The molecular weight excluding hydrogens is 272 g/mol. The van der Waals surface area contributed by atoms with Gasteiger partial charge >= 0.3 is 5.97 Å². The second-order valence-corrected chi connectivity index (χ2v) is 6.77. The van der Waals surface area contributed by atoms with Gasteiger partial charge < -0.3 is 10.0 Å². The van der Waals surface area contributed by atoms with Crippen LogP contribution in [0.4, 0.5) is 5.13 Å². The Kier molecular flexibility index (Phi) is 4.81. The molecule has 1 atom stereocenters. The number of thiazole rings is 1. The zero-order chi connectivity index (χ0) is 14.7. The highest BCUT2D eigenvalue weighted by atomic mass is 32.1. The lowest BCUT2D eigenvalue weighted by Crippen LogP contribution is -2.34. The molecule has 1 aliphatic rings. The molecule has 1 saturated heterocycles. The molecule has 0 radical (unpaired) electrons. The number of hydrogen-bond donors (Lipinski definition) is 1. The van der Waals surface area contributed by atoms with Gasteiger partial charge in [0.1, 0.15) is 0 Å². The highest BCUT2D eigenvalue weighted by Crippen LogP contribution is 2.33. The van der Waals surface area contributed by atoms with Crippen molar-refractivity contribution < 1.29 is 9.90 Å². The molecular formula is C15H22N2O2S. The highest BCUT2D eigenvalue weighted by molar-refractivity contribution is 7.16. The van der Waals surface area contributed by atoms with Crippen LogP contribution in [0.2, 0.25) is 0 Å². The number of aliphatic carboxylic acids is 1. The molecule has 0 saturated carbocycles. The third kappa shape index (κ3) is 3.60. The van der Waals surface area contributed by atoms with Gasteiger partial charge in [-0.2, -0.15) is 0 Å². The van der Waals surface area contributed by atoms with Crippen molar-refractivity contribution in [1.82, 2.24) is 4.98 Å². The van der Waals surface area contributed by atoms with Gasteiger partial charge in [-0.1, -0.05) is 32.1 Å². The summed E-state index contributed by atoms with van der Waals surface area (Å²) in [5.74, 6) is 0.0880. The molecule has 0 bridgehead atoms. The second-order valence-electron chi connectivity index (χ2n) is 5.77. The molecule has 1 unspecified atom stereocenters. The fourth-order valence-corrected chi connectivity index (χ4v) is 3.67. The third-order valence-electron chi connectivity index (χ3n) is 3.52. The van der Waals surface area contributed by atoms with Crippen molar-refractivity contribution in [2.24, 2.45) is 5.92 Å². The van der Waals surface area contributed by atoms with Crippen molar-refractivity contribution in [2.45, 2.75) is 39.5 Å². The first-order valence-corrected chi connectivity index (χ1v) is 7.95. The first kappa shape index (κ1) is 15.0. The van der Waals surface area contributed by atoms with Crippen molar-refractivity contribution in [3.8, 4) is 0 Å². The number of anilines is 1. The molecule has 0 aromatic carbocycles. The Balaban J connectivity index is 2.26. The van der Waals surface area contributed by atoms with Crippen LogP contribution in [0.3, 0.4) is 0 Å². The topological polar surface area (TPSA) is 53.4 Å². The third-order valence-corrected chi connectivity index (χ3v) is 4.62. The van der Waals surface area contributed by atoms with Crippen LogP contribution in [0.25, 0.3) is 6.08 Å². The van der Waals surface area contributed by atoms with E-state index < -0.39 is 5.97 Å². The van der Waals surface area contributed by atoms with E-state index in [4.69, 9.17) is 10.1 Å². The largest absolute Gasteiger partial charge is 0.478 e. The molecule has 1 N–H and O–H groups in total. The Hall–Kier alpha value is -1.36. The predicted octanol–water partition coefficient (Wildman–Crippen LogP) is 3.60. The van der Waals surface area contributed by atoms with E-state index in [0.29, 0.717) is 11.8 Å². The Morgan fingerprint density at radius 3 is 2.90 bits per heavy atom. The summed E-state index contributed by atoms with van der Waals surface area (Å²) in [7, 11) is 0. The monoisotopic (exact) mass is 294 g/mol. The first-order valence-electron chi connectivity index (χ1n) is 7.14. The molecule has 1 aliphatic heterocycles. The fourth-order valence-electron chi connectivity index (χ4n) is 2.51. The van der Waals surface area contributed by atoms with E-state index in [0.717, 1.165) is 28.8 Å². The SMILES string of the molecule is CC1CCCN(c2nc(C(C)C)c(/C=C/C(=O)O)s2)C1. The normalized spacial score (nSPS) is 20.0. The Morgan fingerprint density at radius 2 is 2.30 bits per heavy atom. The van der Waals surface area contributed by atoms with E-state index in [1.54, 1.807) is 17.4 Å². The van der Waals surface area contributed by atoms with E-state index in [1.807, 2.05) is 0 Å². The molecule has 4 nitrogen and oxygen atoms in total. The molecule has 1 fully saturated rings. The van der Waals surface area contributed by atoms with Crippen LogP contribution in [0.15, 0.2) is 6.08 Å². The summed E-state index contributed by atoms with van der Waals surface area (Å²) >= 11 is 1.60. The standard InChI is InChI=1S/C15H22N2O2S/c1-10(2)14-12(6-7-13(18)19)20-15(16-14)17-8-4-5-11(3)9-17/h6-7,10-11H,4-5,8-9H2,1-3H3,(H,18,19)/b7-6+. The number of aromatic nitrogens is 1. The predicted molar refractivity (Wildman–Crippen MR) is 83.5 cm³/mol. The maximum atomic E-state index is 10.7. The lowest BCUT2D eigenvalue weighted by atomic mass is 10.0. The number of rotatable bonds is 4. The van der Waals surface area contributed by atoms with Gasteiger partial charge in [-0.05, 0) is 30.8 Å². The minimum Gasteiger partial charge on any atom is -0.478 e. The van der Waals surface area contributed by atoms with E-state index >= 15 is 0 Å². The summed E-state index contributed by atoms with van der Waals surface area (Å²) < 4.78 is 0. The van der Waals surface area contributed by atoms with E-state index in [1.165, 1.54) is 18.9 Å². The van der Waals surface area contributed by atoms with Crippen molar-refractivity contribution in [2.75, 3.05) is 18.0 Å². The molecule has 0 aliphatic carbocycles. The smallest absolute Gasteiger partial charge is 0.328 e. The van der Waals surface area contributed by atoms with Crippen LogP contribution in [0.5, 0.6) is 0 Å². The van der Waals surface area contributed by atoms with Gasteiger partial charge in [-0.3, -0.25) is 0 Å². The summed E-state index contributed by atoms with van der Waals surface area (Å²) in [4.78, 5) is 18.7. The number of hydrogen-bond acceptors (Lipinski definition) is 4. The number of carbonyl (C=O) groups is 1. The molecule has 1 aromatic rings. The maximum Gasteiger partial charge on any atom is 0.328 e. The van der Waals surface area contributed by atoms with Gasteiger partial charge in [0.15, 0.2) is 5.13 Å². The Morgan fingerprint density at radius 1 is 1.55 bits per heavy atom. The fraction of sp³-hybridized carbons (Fsp3) is 0.600. The van der Waals surface area contributed by atoms with Crippen molar-refractivity contribution >= 4 is 28.5 Å². The Labute approximate surface area is 124 Å². The van der Waals surface area contributed by atoms with Crippen molar-refractivity contribution in [3.63, 3.8) is 0 Å². The molecule has 0 amide bonds. The quantitative estimate of drug-likeness (QED) is 0.862. The molecule has 5 heteroatoms. The lowest BCUT2D eigenvalue weighted by molar-refractivity contribution is -0.131. The number of carboxylic acids is 1. The Bertz CT molecular complexity index is 508. The second kappa shape index (κ2) is 6.39. The molecule has 1 aromatic heterocycles. The van der Waals surface area contributed by atoms with Crippen molar-refractivity contribution in [3.05, 3.63) is 16.6 Å². The highest BCUT2D eigenvalue weighted by Gasteiger charge is 2.21. The number of piperidine rings is 1. The molecule has 110 valence electrons. The maximum absolute atomic E-state index is 10.7. The first-order chi connectivity index (χ1) is 9.47. The van der Waals surface area contributed by atoms with Crippen molar-refractivity contribution in [1.29, 1.82) is 0 Å². The zero-order valence-electron chi connectivity index (χ0n) is 12.3. The van der Waals surface area contributed by atoms with Gasteiger partial charge in [-0.25, -0.2) is 9.78 Å². The van der Waals surface area contributed by atoms with E-state index in [9.17, 15) is 4.79 Å². The molecule has 2 heterocycles. The summed E-state index contributed by atoms with van der Waals surface area (Å²) in [6.07, 6.45) is 5.36. The molecule has 2 rings (SSSR count). The van der Waals surface area contributed by atoms with Crippen LogP contribution in [-0.2, 0) is 4.79 Å². The summed E-state index contributed by atoms with van der Waals surface area (Å²) in [6, 6.07) is 0. The van der Waals surface area contributed by atoms with Crippen LogP contribution in [-0.4, -0.2) is 29.1 Å². The summed E-state index contributed by atoms with van der Waals surface area (Å²) in [5.41, 5.74) is 1.00. The van der Waals surface area contributed by atoms with Gasteiger partial charge in [0.05, 0.1) is 10.6 Å².